The first-order valence-corrected chi connectivity index (χ1v) is 4.09. The Bertz CT molecular complexity index is 97.1. The van der Waals surface area contributed by atoms with Crippen LogP contribution in [0.15, 0.2) is 0 Å². The van der Waals surface area contributed by atoms with Crippen molar-refractivity contribution in [3.8, 4) is 0 Å². The Kier molecular flexibility index (Phi) is 2.38. The number of hydrogen-bond donors (Lipinski definition) is 1. The molecule has 9 heavy (non-hydrogen) atoms. The number of thioether (sulfide) groups is 1. The van der Waals surface area contributed by atoms with Gasteiger partial charge in [0.25, 0.3) is 0 Å². The van der Waals surface area contributed by atoms with E-state index in [2.05, 4.69) is 6.92 Å². The fourth-order valence-corrected chi connectivity index (χ4v) is 1.95. The van der Waals surface area contributed by atoms with Crippen molar-refractivity contribution in [2.75, 3.05) is 6.61 Å². The van der Waals surface area contributed by atoms with E-state index < -0.39 is 6.29 Å². The van der Waals surface area contributed by atoms with Crippen molar-refractivity contribution in [2.24, 2.45) is 0 Å². The van der Waals surface area contributed by atoms with Crippen LogP contribution in [0, 0.1) is 0 Å². The Morgan fingerprint density at radius 2 is 2.22 bits per heavy atom. The minimum Gasteiger partial charge on any atom is -0.367 e. The van der Waals surface area contributed by atoms with Crippen LogP contribution in [0.3, 0.4) is 0 Å². The van der Waals surface area contributed by atoms with Crippen LogP contribution in [0.5, 0.6) is 0 Å². The predicted molar refractivity (Wildman–Crippen MR) is 38.5 cm³/mol. The average molecular weight is 148 g/mol. The second-order valence-corrected chi connectivity index (χ2v) is 4.20. The molecule has 1 saturated heterocycles. The number of ether oxygens (including phenoxy) is 1. The van der Waals surface area contributed by atoms with E-state index in [0.717, 1.165) is 0 Å². The normalized spacial score (nSPS) is 45.0. The smallest absolute Gasteiger partial charge is 0.166 e. The molecule has 0 aromatic heterocycles. The van der Waals surface area contributed by atoms with Crippen LogP contribution in [0.1, 0.15) is 13.8 Å². The van der Waals surface area contributed by atoms with Gasteiger partial charge in [-0.05, 0) is 6.92 Å². The average Bonchev–Trinajstić information content (AvgIpc) is 1.80. The highest BCUT2D eigenvalue weighted by molar-refractivity contribution is 8.00. The summed E-state index contributed by atoms with van der Waals surface area (Å²) in [7, 11) is 0. The first-order valence-electron chi connectivity index (χ1n) is 3.15. The van der Waals surface area contributed by atoms with Gasteiger partial charge in [-0.25, -0.2) is 0 Å². The fraction of sp³-hybridized carbons (Fsp3) is 1.00. The van der Waals surface area contributed by atoms with Gasteiger partial charge in [-0.1, -0.05) is 6.92 Å². The summed E-state index contributed by atoms with van der Waals surface area (Å²) in [6.45, 7) is 4.76. The van der Waals surface area contributed by atoms with Crippen molar-refractivity contribution in [3.63, 3.8) is 0 Å². The lowest BCUT2D eigenvalue weighted by atomic mass is 10.4. The molecule has 54 valence electrons. The van der Waals surface area contributed by atoms with Gasteiger partial charge in [0.1, 0.15) is 0 Å². The van der Waals surface area contributed by atoms with E-state index >= 15 is 0 Å². The van der Waals surface area contributed by atoms with Crippen molar-refractivity contribution >= 4 is 11.8 Å². The fourth-order valence-electron chi connectivity index (χ4n) is 0.843. The molecular weight excluding hydrogens is 136 g/mol. The van der Waals surface area contributed by atoms with Gasteiger partial charge in [-0.3, -0.25) is 0 Å². The summed E-state index contributed by atoms with van der Waals surface area (Å²) < 4.78 is 5.04. The van der Waals surface area contributed by atoms with Gasteiger partial charge in [0.05, 0.1) is 11.9 Å². The quantitative estimate of drug-likeness (QED) is 0.552. The van der Waals surface area contributed by atoms with Crippen LogP contribution in [0.25, 0.3) is 0 Å². The van der Waals surface area contributed by atoms with Gasteiger partial charge in [0, 0.05) is 5.25 Å². The second kappa shape index (κ2) is 2.90. The van der Waals surface area contributed by atoms with Crippen LogP contribution in [0.4, 0.5) is 0 Å². The second-order valence-electron chi connectivity index (χ2n) is 2.38. The summed E-state index contributed by atoms with van der Waals surface area (Å²) in [5.41, 5.74) is 0. The molecule has 0 aromatic carbocycles. The van der Waals surface area contributed by atoms with E-state index in [4.69, 9.17) is 9.84 Å². The molecule has 1 fully saturated rings. The lowest BCUT2D eigenvalue weighted by Gasteiger charge is -2.28. The number of aliphatic hydroxyl groups excluding tert-OH is 1. The van der Waals surface area contributed by atoms with Gasteiger partial charge < -0.3 is 9.84 Å². The Balaban J connectivity index is 2.35. The number of aliphatic hydroxyl groups is 1. The first-order chi connectivity index (χ1) is 4.20. The monoisotopic (exact) mass is 148 g/mol. The Hall–Kier alpha value is 0.270. The van der Waals surface area contributed by atoms with Crippen LogP contribution in [-0.4, -0.2) is 28.5 Å². The molecule has 0 spiro atoms. The largest absolute Gasteiger partial charge is 0.367 e. The Labute approximate surface area is 59.6 Å². The molecule has 1 N–H and O–H groups in total. The zero-order valence-corrected chi connectivity index (χ0v) is 6.52. The minimum atomic E-state index is -0.550. The van der Waals surface area contributed by atoms with Gasteiger partial charge in [-0.2, -0.15) is 0 Å². The lowest BCUT2D eigenvalue weighted by molar-refractivity contribution is -0.100. The topological polar surface area (TPSA) is 29.5 Å². The molecular formula is C6H12O2S. The van der Waals surface area contributed by atoms with Gasteiger partial charge >= 0.3 is 0 Å². The molecule has 0 bridgehead atoms. The molecule has 2 nitrogen and oxygen atoms in total. The predicted octanol–water partition coefficient (Wildman–Crippen LogP) is 0.845. The van der Waals surface area contributed by atoms with Crippen molar-refractivity contribution in [2.45, 2.75) is 30.6 Å². The van der Waals surface area contributed by atoms with Crippen LogP contribution >= 0.6 is 11.8 Å². The summed E-state index contributed by atoms with van der Waals surface area (Å²) >= 11 is 1.77. The maximum atomic E-state index is 9.05. The molecule has 0 saturated carbocycles. The third kappa shape index (κ3) is 1.85. The molecule has 1 rings (SSSR count). The van der Waals surface area contributed by atoms with E-state index in [1.54, 1.807) is 11.8 Å². The molecule has 1 aliphatic heterocycles. The van der Waals surface area contributed by atoms with Gasteiger partial charge in [-0.15, -0.1) is 11.8 Å². The zero-order valence-electron chi connectivity index (χ0n) is 5.70. The lowest BCUT2D eigenvalue weighted by Crippen LogP contribution is -2.33. The highest BCUT2D eigenvalue weighted by atomic mass is 32.2. The van der Waals surface area contributed by atoms with E-state index in [1.165, 1.54) is 0 Å². The summed E-state index contributed by atoms with van der Waals surface area (Å²) in [6.07, 6.45) is -0.550. The molecule has 0 radical (unpaired) electrons. The summed E-state index contributed by atoms with van der Waals surface area (Å²) in [5, 5.41) is 9.81. The first kappa shape index (κ1) is 7.38. The molecule has 0 amide bonds. The molecule has 3 unspecified atom stereocenters. The maximum Gasteiger partial charge on any atom is 0.166 e. The maximum absolute atomic E-state index is 9.05. The molecule has 1 aliphatic rings. The number of hydrogen-bond acceptors (Lipinski definition) is 3. The SMILES string of the molecule is CC1COC(O)C(C)S1. The van der Waals surface area contributed by atoms with Crippen LogP contribution in [-0.2, 0) is 4.74 Å². The van der Waals surface area contributed by atoms with Crippen LogP contribution < -0.4 is 0 Å². The van der Waals surface area contributed by atoms with Crippen molar-refractivity contribution in [3.05, 3.63) is 0 Å². The summed E-state index contributed by atoms with van der Waals surface area (Å²) in [5.74, 6) is 0. The van der Waals surface area contributed by atoms with E-state index in [1.807, 2.05) is 6.92 Å². The molecule has 1 heterocycles. The van der Waals surface area contributed by atoms with E-state index in [0.29, 0.717) is 11.9 Å². The Morgan fingerprint density at radius 3 is 2.67 bits per heavy atom. The molecule has 3 heteroatoms. The number of rotatable bonds is 0. The summed E-state index contributed by atoms with van der Waals surface area (Å²) in [6, 6.07) is 0. The van der Waals surface area contributed by atoms with Crippen molar-refractivity contribution < 1.29 is 9.84 Å². The third-order valence-corrected chi connectivity index (χ3v) is 2.61. The Morgan fingerprint density at radius 1 is 1.56 bits per heavy atom. The van der Waals surface area contributed by atoms with Gasteiger partial charge in [0.2, 0.25) is 0 Å². The minimum absolute atomic E-state index is 0.230. The summed E-state index contributed by atoms with van der Waals surface area (Å²) in [4.78, 5) is 0. The highest BCUT2D eigenvalue weighted by Gasteiger charge is 2.23. The molecule has 0 aromatic rings. The van der Waals surface area contributed by atoms with E-state index in [9.17, 15) is 0 Å². The molecule has 0 aliphatic carbocycles. The van der Waals surface area contributed by atoms with Crippen molar-refractivity contribution in [1.29, 1.82) is 0 Å². The van der Waals surface area contributed by atoms with E-state index in [-0.39, 0.29) is 5.25 Å². The molecule has 3 atom stereocenters. The van der Waals surface area contributed by atoms with Crippen LogP contribution in [0.2, 0.25) is 0 Å². The zero-order chi connectivity index (χ0) is 6.85. The van der Waals surface area contributed by atoms with Gasteiger partial charge in [0.15, 0.2) is 6.29 Å². The third-order valence-electron chi connectivity index (χ3n) is 1.35. The highest BCUT2D eigenvalue weighted by Crippen LogP contribution is 2.25. The van der Waals surface area contributed by atoms with Crippen molar-refractivity contribution in [1.82, 2.24) is 0 Å². The standard InChI is InChI=1S/C6H12O2S/c1-4-3-8-6(7)5(2)9-4/h4-7H,3H2,1-2H3.